The Labute approximate surface area is 201 Å². The van der Waals surface area contributed by atoms with E-state index in [1.54, 1.807) is 24.1 Å². The van der Waals surface area contributed by atoms with Gasteiger partial charge in [-0.15, -0.1) is 0 Å². The summed E-state index contributed by atoms with van der Waals surface area (Å²) in [7, 11) is 1.55. The van der Waals surface area contributed by atoms with Crippen LogP contribution in [0.4, 0.5) is 11.5 Å². The number of fused-ring (bicyclic) bond motifs is 1. The Hall–Kier alpha value is -4.71. The number of ether oxygens (including phenoxy) is 1. The van der Waals surface area contributed by atoms with Crippen LogP contribution in [0.1, 0.15) is 17.5 Å². The molecule has 1 aliphatic heterocycles. The molecule has 1 fully saturated rings. The molecule has 5 rings (SSSR count). The van der Waals surface area contributed by atoms with Crippen molar-refractivity contribution in [1.82, 2.24) is 14.8 Å². The first kappa shape index (κ1) is 22.1. The van der Waals surface area contributed by atoms with Crippen LogP contribution >= 0.6 is 0 Å². The van der Waals surface area contributed by atoms with Crippen molar-refractivity contribution < 1.29 is 14.3 Å². The van der Waals surface area contributed by atoms with E-state index < -0.39 is 5.92 Å². The van der Waals surface area contributed by atoms with Gasteiger partial charge in [0, 0.05) is 18.4 Å². The summed E-state index contributed by atoms with van der Waals surface area (Å²) in [4.78, 5) is 32.2. The molecule has 4 aromatic rings. The van der Waals surface area contributed by atoms with Crippen LogP contribution in [-0.2, 0) is 9.59 Å². The number of hydrogen-bond acceptors (Lipinski definition) is 6. The fraction of sp³-hybridized carbons (Fsp3) is 0.192. The highest BCUT2D eigenvalue weighted by Gasteiger charge is 2.37. The molecule has 1 aliphatic rings. The van der Waals surface area contributed by atoms with Crippen molar-refractivity contribution in [1.29, 1.82) is 5.26 Å². The van der Waals surface area contributed by atoms with Crippen molar-refractivity contribution in [3.63, 3.8) is 0 Å². The molecular formula is C26H22N6O3. The Morgan fingerprint density at radius 2 is 2.03 bits per heavy atom. The molecule has 35 heavy (non-hydrogen) atoms. The van der Waals surface area contributed by atoms with E-state index in [-0.39, 0.29) is 36.2 Å². The third kappa shape index (κ3) is 4.06. The van der Waals surface area contributed by atoms with E-state index in [1.807, 2.05) is 49.4 Å². The molecule has 1 N–H and O–H groups in total. The molecule has 0 spiro atoms. The first-order valence-corrected chi connectivity index (χ1v) is 11.1. The number of aromatic nitrogens is 3. The van der Waals surface area contributed by atoms with Crippen LogP contribution in [0.15, 0.2) is 60.8 Å². The van der Waals surface area contributed by atoms with E-state index in [0.29, 0.717) is 17.3 Å². The number of anilines is 2. The number of nitrogens with zero attached hydrogens (tertiary/aromatic N) is 5. The number of nitrogens with one attached hydrogen (secondary N) is 1. The molecule has 9 nitrogen and oxygen atoms in total. The largest absolute Gasteiger partial charge is 0.495 e. The number of methoxy groups -OCH3 is 1. The lowest BCUT2D eigenvalue weighted by atomic mass is 10.1. The zero-order valence-corrected chi connectivity index (χ0v) is 19.2. The van der Waals surface area contributed by atoms with E-state index in [0.717, 1.165) is 16.5 Å². The van der Waals surface area contributed by atoms with E-state index >= 15 is 0 Å². The molecule has 3 heterocycles. The number of nitriles is 1. The number of amides is 2. The Morgan fingerprint density at radius 3 is 2.83 bits per heavy atom. The zero-order chi connectivity index (χ0) is 24.5. The van der Waals surface area contributed by atoms with E-state index in [4.69, 9.17) is 4.74 Å². The molecule has 1 saturated heterocycles. The van der Waals surface area contributed by atoms with Crippen molar-refractivity contribution in [3.8, 4) is 17.6 Å². The molecule has 1 atom stereocenters. The maximum Gasteiger partial charge on any atom is 0.231 e. The van der Waals surface area contributed by atoms with Gasteiger partial charge in [0.15, 0.2) is 11.6 Å². The lowest BCUT2D eigenvalue weighted by Gasteiger charge is -2.20. The summed E-state index contributed by atoms with van der Waals surface area (Å²) in [6.45, 7) is 2.13. The van der Waals surface area contributed by atoms with Gasteiger partial charge in [0.2, 0.25) is 11.8 Å². The first-order chi connectivity index (χ1) is 17.0. The summed E-state index contributed by atoms with van der Waals surface area (Å²) in [5.41, 5.74) is 2.58. The standard InChI is InChI=1S/C26H22N6O3/c1-16-7-9-22(35-2)21(11-16)31-15-18(12-24(31)33)26(34)30-25-19(13-27)14-28-32(25)23-10-8-17-5-3-4-6-20(17)29-23/h3-11,14,18H,12,15H2,1-2H3,(H,30,34). The number of pyridine rings is 1. The SMILES string of the molecule is COc1ccc(C)cc1N1CC(C(=O)Nc2c(C#N)cnn2-c2ccc3ccccc3n2)CC1=O. The highest BCUT2D eigenvalue weighted by molar-refractivity contribution is 6.04. The van der Waals surface area contributed by atoms with Crippen LogP contribution in [0.25, 0.3) is 16.7 Å². The van der Waals surface area contributed by atoms with Crippen molar-refractivity contribution in [2.45, 2.75) is 13.3 Å². The number of benzene rings is 2. The molecule has 2 aromatic heterocycles. The van der Waals surface area contributed by atoms with E-state index in [1.165, 1.54) is 10.9 Å². The minimum Gasteiger partial charge on any atom is -0.495 e. The van der Waals surface area contributed by atoms with Gasteiger partial charge in [0.05, 0.1) is 30.4 Å². The minimum atomic E-state index is -0.604. The van der Waals surface area contributed by atoms with Crippen LogP contribution in [0.2, 0.25) is 0 Å². The Kier molecular flexibility index (Phi) is 5.63. The molecule has 0 saturated carbocycles. The van der Waals surface area contributed by atoms with Gasteiger partial charge in [-0.25, -0.2) is 4.98 Å². The number of para-hydroxylation sites is 1. The van der Waals surface area contributed by atoms with Crippen molar-refractivity contribution in [3.05, 3.63) is 71.9 Å². The van der Waals surface area contributed by atoms with Crippen molar-refractivity contribution in [2.75, 3.05) is 23.9 Å². The Bertz CT molecular complexity index is 1500. The summed E-state index contributed by atoms with van der Waals surface area (Å²) < 4.78 is 6.85. The lowest BCUT2D eigenvalue weighted by Crippen LogP contribution is -2.29. The van der Waals surface area contributed by atoms with Crippen LogP contribution in [0.3, 0.4) is 0 Å². The van der Waals surface area contributed by atoms with Crippen molar-refractivity contribution >= 4 is 34.2 Å². The summed E-state index contributed by atoms with van der Waals surface area (Å²) >= 11 is 0. The number of carbonyl (C=O) groups is 2. The van der Waals surface area contributed by atoms with E-state index in [2.05, 4.69) is 21.5 Å². The lowest BCUT2D eigenvalue weighted by molar-refractivity contribution is -0.122. The van der Waals surface area contributed by atoms with Gasteiger partial charge in [-0.3, -0.25) is 9.59 Å². The summed E-state index contributed by atoms with van der Waals surface area (Å²) in [5, 5.41) is 17.7. The molecule has 0 bridgehead atoms. The second-order valence-corrected chi connectivity index (χ2v) is 8.36. The van der Waals surface area contributed by atoms with Crippen LogP contribution in [-0.4, -0.2) is 40.2 Å². The van der Waals surface area contributed by atoms with Gasteiger partial charge in [-0.2, -0.15) is 15.0 Å². The van der Waals surface area contributed by atoms with Crippen LogP contribution in [0.5, 0.6) is 5.75 Å². The number of rotatable bonds is 5. The summed E-state index contributed by atoms with van der Waals surface area (Å²) in [6.07, 6.45) is 1.43. The molecule has 0 radical (unpaired) electrons. The molecule has 2 aromatic carbocycles. The molecule has 174 valence electrons. The maximum atomic E-state index is 13.2. The smallest absolute Gasteiger partial charge is 0.231 e. The van der Waals surface area contributed by atoms with Gasteiger partial charge in [0.25, 0.3) is 0 Å². The van der Waals surface area contributed by atoms with Gasteiger partial charge in [-0.1, -0.05) is 24.3 Å². The fourth-order valence-electron chi connectivity index (χ4n) is 4.24. The number of aryl methyl sites for hydroxylation is 1. The van der Waals surface area contributed by atoms with Gasteiger partial charge in [-0.05, 0) is 42.8 Å². The quantitative estimate of drug-likeness (QED) is 0.481. The predicted octanol–water partition coefficient (Wildman–Crippen LogP) is 3.60. The number of carbonyl (C=O) groups excluding carboxylic acids is 2. The fourth-order valence-corrected chi connectivity index (χ4v) is 4.24. The normalized spacial score (nSPS) is 15.3. The summed E-state index contributed by atoms with van der Waals surface area (Å²) in [5.74, 6) is 0.114. The summed E-state index contributed by atoms with van der Waals surface area (Å²) in [6, 6.07) is 19.0. The van der Waals surface area contributed by atoms with Crippen LogP contribution in [0, 0.1) is 24.2 Å². The second kappa shape index (κ2) is 8.91. The molecular weight excluding hydrogens is 444 g/mol. The second-order valence-electron chi connectivity index (χ2n) is 8.36. The Morgan fingerprint density at radius 1 is 1.20 bits per heavy atom. The van der Waals surface area contributed by atoms with E-state index in [9.17, 15) is 14.9 Å². The third-order valence-electron chi connectivity index (χ3n) is 6.05. The van der Waals surface area contributed by atoms with Crippen LogP contribution < -0.4 is 15.0 Å². The average molecular weight is 467 g/mol. The molecule has 2 amide bonds. The Balaban J connectivity index is 1.42. The minimum absolute atomic E-state index is 0.0488. The van der Waals surface area contributed by atoms with Gasteiger partial charge >= 0.3 is 0 Å². The number of hydrogen-bond donors (Lipinski definition) is 1. The predicted molar refractivity (Wildman–Crippen MR) is 130 cm³/mol. The van der Waals surface area contributed by atoms with Crippen molar-refractivity contribution in [2.24, 2.45) is 5.92 Å². The highest BCUT2D eigenvalue weighted by Crippen LogP contribution is 2.34. The molecule has 9 heteroatoms. The third-order valence-corrected chi connectivity index (χ3v) is 6.05. The van der Waals surface area contributed by atoms with Gasteiger partial charge < -0.3 is 15.0 Å². The monoisotopic (exact) mass is 466 g/mol. The first-order valence-electron chi connectivity index (χ1n) is 11.1. The zero-order valence-electron chi connectivity index (χ0n) is 19.2. The topological polar surface area (TPSA) is 113 Å². The maximum absolute atomic E-state index is 13.2. The molecule has 1 unspecified atom stereocenters. The molecule has 0 aliphatic carbocycles. The highest BCUT2D eigenvalue weighted by atomic mass is 16.5. The van der Waals surface area contributed by atoms with Gasteiger partial charge in [0.1, 0.15) is 17.4 Å². The average Bonchev–Trinajstić information content (AvgIpc) is 3.46.